The van der Waals surface area contributed by atoms with Gasteiger partial charge in [-0.1, -0.05) is 54.6 Å². The van der Waals surface area contributed by atoms with Crippen LogP contribution in [0.15, 0.2) is 96.2 Å². The van der Waals surface area contributed by atoms with Crippen LogP contribution in [0.3, 0.4) is 0 Å². The third-order valence-electron chi connectivity index (χ3n) is 4.82. The number of ether oxygens (including phenoxy) is 2. The molecule has 0 spiro atoms. The third-order valence-corrected chi connectivity index (χ3v) is 6.18. The predicted octanol–water partition coefficient (Wildman–Crippen LogP) is 3.94. The number of hydrogen-bond acceptors (Lipinski definition) is 5. The molecule has 1 heterocycles. The van der Waals surface area contributed by atoms with E-state index in [9.17, 15) is 8.42 Å². The highest BCUT2D eigenvalue weighted by Gasteiger charge is 2.17. The first-order valence-corrected chi connectivity index (χ1v) is 11.5. The standard InChI is InChI=1S/C24H23N3O4S/c1-30-24-14-20(12-13-23(24)31-18-19-8-4-2-5-9-19)15-26-32(28,29)22-16-25-27(17-22)21-10-6-3-7-11-21/h2-14,16-17,26H,15,18H2,1H3. The minimum absolute atomic E-state index is 0.0936. The molecule has 8 heteroatoms. The average Bonchev–Trinajstić information content (AvgIpc) is 3.34. The first-order chi connectivity index (χ1) is 15.5. The molecule has 0 saturated heterocycles. The van der Waals surface area contributed by atoms with Gasteiger partial charge in [-0.3, -0.25) is 0 Å². The molecule has 0 amide bonds. The lowest BCUT2D eigenvalue weighted by Gasteiger charge is -2.13. The van der Waals surface area contributed by atoms with Crippen molar-refractivity contribution < 1.29 is 17.9 Å². The molecule has 32 heavy (non-hydrogen) atoms. The maximum atomic E-state index is 12.7. The van der Waals surface area contributed by atoms with E-state index in [2.05, 4.69) is 9.82 Å². The molecule has 4 rings (SSSR count). The van der Waals surface area contributed by atoms with E-state index >= 15 is 0 Å². The smallest absolute Gasteiger partial charge is 0.244 e. The van der Waals surface area contributed by atoms with Crippen molar-refractivity contribution in [3.8, 4) is 17.2 Å². The van der Waals surface area contributed by atoms with Crippen molar-refractivity contribution in [2.24, 2.45) is 0 Å². The molecular formula is C24H23N3O4S. The summed E-state index contributed by atoms with van der Waals surface area (Å²) in [5, 5.41) is 4.15. The number of methoxy groups -OCH3 is 1. The van der Waals surface area contributed by atoms with Gasteiger partial charge in [0, 0.05) is 6.54 Å². The predicted molar refractivity (Wildman–Crippen MR) is 121 cm³/mol. The highest BCUT2D eigenvalue weighted by atomic mass is 32.2. The molecule has 0 fully saturated rings. The number of benzene rings is 3. The maximum absolute atomic E-state index is 12.7. The summed E-state index contributed by atoms with van der Waals surface area (Å²) in [4.78, 5) is 0.0936. The zero-order valence-corrected chi connectivity index (χ0v) is 18.3. The van der Waals surface area contributed by atoms with Crippen molar-refractivity contribution >= 4 is 10.0 Å². The second kappa shape index (κ2) is 9.67. The van der Waals surface area contributed by atoms with Gasteiger partial charge in [0.15, 0.2) is 11.5 Å². The van der Waals surface area contributed by atoms with E-state index in [0.717, 1.165) is 16.8 Å². The number of para-hydroxylation sites is 1. The highest BCUT2D eigenvalue weighted by Crippen LogP contribution is 2.29. The molecule has 3 aromatic carbocycles. The van der Waals surface area contributed by atoms with Gasteiger partial charge in [0.1, 0.15) is 11.5 Å². The van der Waals surface area contributed by atoms with E-state index in [1.54, 1.807) is 25.3 Å². The van der Waals surface area contributed by atoms with Gasteiger partial charge in [0.05, 0.1) is 25.2 Å². The molecule has 0 bridgehead atoms. The molecule has 164 valence electrons. The van der Waals surface area contributed by atoms with Crippen molar-refractivity contribution in [3.63, 3.8) is 0 Å². The quantitative estimate of drug-likeness (QED) is 0.419. The summed E-state index contributed by atoms with van der Waals surface area (Å²) >= 11 is 0. The Kier molecular flexibility index (Phi) is 6.53. The van der Waals surface area contributed by atoms with Crippen LogP contribution in [0.1, 0.15) is 11.1 Å². The number of nitrogens with one attached hydrogen (secondary N) is 1. The third kappa shape index (κ3) is 5.16. The summed E-state index contributed by atoms with van der Waals surface area (Å²) in [6, 6.07) is 24.5. The molecule has 4 aromatic rings. The van der Waals surface area contributed by atoms with E-state index in [0.29, 0.717) is 18.1 Å². The summed E-state index contributed by atoms with van der Waals surface area (Å²) in [6.45, 7) is 0.517. The Morgan fingerprint density at radius 3 is 2.34 bits per heavy atom. The van der Waals surface area contributed by atoms with Crippen LogP contribution in [0.25, 0.3) is 5.69 Å². The Balaban J connectivity index is 1.42. The van der Waals surface area contributed by atoms with E-state index in [4.69, 9.17) is 9.47 Å². The fraction of sp³-hybridized carbons (Fsp3) is 0.125. The number of rotatable bonds is 9. The summed E-state index contributed by atoms with van der Waals surface area (Å²) in [7, 11) is -2.17. The average molecular weight is 450 g/mol. The van der Waals surface area contributed by atoms with Crippen LogP contribution in [-0.4, -0.2) is 25.3 Å². The molecule has 0 saturated carbocycles. The van der Waals surface area contributed by atoms with Gasteiger partial charge >= 0.3 is 0 Å². The summed E-state index contributed by atoms with van der Waals surface area (Å²) in [5.41, 5.74) is 2.57. The van der Waals surface area contributed by atoms with E-state index in [1.807, 2.05) is 60.7 Å². The fourth-order valence-electron chi connectivity index (χ4n) is 3.11. The van der Waals surface area contributed by atoms with Crippen LogP contribution in [0, 0.1) is 0 Å². The Hall–Kier alpha value is -3.62. The van der Waals surface area contributed by atoms with Crippen LogP contribution in [0.5, 0.6) is 11.5 Å². The van der Waals surface area contributed by atoms with Gasteiger partial charge in [-0.2, -0.15) is 5.10 Å². The van der Waals surface area contributed by atoms with Crippen LogP contribution in [0.2, 0.25) is 0 Å². The first kappa shape index (κ1) is 21.6. The lowest BCUT2D eigenvalue weighted by molar-refractivity contribution is 0.284. The first-order valence-electron chi connectivity index (χ1n) is 9.98. The molecule has 0 unspecified atom stereocenters. The molecule has 0 atom stereocenters. The Morgan fingerprint density at radius 1 is 0.906 bits per heavy atom. The number of aromatic nitrogens is 2. The lowest BCUT2D eigenvalue weighted by Crippen LogP contribution is -2.22. The number of hydrogen-bond donors (Lipinski definition) is 1. The zero-order valence-electron chi connectivity index (χ0n) is 17.5. The SMILES string of the molecule is COc1cc(CNS(=O)(=O)c2cnn(-c3ccccc3)c2)ccc1OCc1ccccc1. The molecule has 0 radical (unpaired) electrons. The Labute approximate surface area is 187 Å². The van der Waals surface area contributed by atoms with Crippen molar-refractivity contribution in [1.82, 2.24) is 14.5 Å². The van der Waals surface area contributed by atoms with Crippen molar-refractivity contribution in [2.75, 3.05) is 7.11 Å². The van der Waals surface area contributed by atoms with Gasteiger partial charge < -0.3 is 9.47 Å². The van der Waals surface area contributed by atoms with Crippen LogP contribution in [-0.2, 0) is 23.2 Å². The van der Waals surface area contributed by atoms with Gasteiger partial charge in [-0.25, -0.2) is 17.8 Å². The second-order valence-electron chi connectivity index (χ2n) is 7.04. The van der Waals surface area contributed by atoms with Crippen molar-refractivity contribution in [2.45, 2.75) is 18.0 Å². The number of sulfonamides is 1. The van der Waals surface area contributed by atoms with E-state index < -0.39 is 10.0 Å². The van der Waals surface area contributed by atoms with Crippen LogP contribution in [0.4, 0.5) is 0 Å². The topological polar surface area (TPSA) is 82.5 Å². The number of nitrogens with zero attached hydrogens (tertiary/aromatic N) is 2. The summed E-state index contributed by atoms with van der Waals surface area (Å²) < 4.78 is 40.8. The molecule has 0 aliphatic carbocycles. The van der Waals surface area contributed by atoms with Gasteiger partial charge in [0.2, 0.25) is 10.0 Å². The molecule has 7 nitrogen and oxygen atoms in total. The lowest BCUT2D eigenvalue weighted by atomic mass is 10.2. The molecule has 1 N–H and O–H groups in total. The largest absolute Gasteiger partial charge is 0.493 e. The van der Waals surface area contributed by atoms with E-state index in [1.165, 1.54) is 17.1 Å². The highest BCUT2D eigenvalue weighted by molar-refractivity contribution is 7.89. The van der Waals surface area contributed by atoms with Crippen LogP contribution < -0.4 is 14.2 Å². The monoisotopic (exact) mass is 449 g/mol. The normalized spacial score (nSPS) is 11.3. The zero-order chi connectivity index (χ0) is 22.4. The molecular weight excluding hydrogens is 426 g/mol. The Bertz CT molecular complexity index is 1270. The molecule has 0 aliphatic rings. The molecule has 0 aliphatic heterocycles. The van der Waals surface area contributed by atoms with Crippen molar-refractivity contribution in [3.05, 3.63) is 102 Å². The van der Waals surface area contributed by atoms with Crippen LogP contribution >= 0.6 is 0 Å². The van der Waals surface area contributed by atoms with Crippen molar-refractivity contribution in [1.29, 1.82) is 0 Å². The summed E-state index contributed by atoms with van der Waals surface area (Å²) in [5.74, 6) is 1.13. The Morgan fingerprint density at radius 2 is 1.62 bits per heavy atom. The van der Waals surface area contributed by atoms with Gasteiger partial charge in [-0.15, -0.1) is 0 Å². The van der Waals surface area contributed by atoms with E-state index in [-0.39, 0.29) is 11.4 Å². The molecule has 1 aromatic heterocycles. The fourth-order valence-corrected chi connectivity index (χ4v) is 4.05. The van der Waals surface area contributed by atoms with Gasteiger partial charge in [-0.05, 0) is 35.4 Å². The minimum atomic E-state index is -3.73. The maximum Gasteiger partial charge on any atom is 0.244 e. The van der Waals surface area contributed by atoms with Gasteiger partial charge in [0.25, 0.3) is 0 Å². The minimum Gasteiger partial charge on any atom is -0.493 e. The second-order valence-corrected chi connectivity index (χ2v) is 8.81. The summed E-state index contributed by atoms with van der Waals surface area (Å²) in [6.07, 6.45) is 2.81.